The lowest BCUT2D eigenvalue weighted by Gasteiger charge is -2.26. The number of hydrogen-bond acceptors (Lipinski definition) is 5. The van der Waals surface area contributed by atoms with Crippen molar-refractivity contribution >= 4 is 33.2 Å². The van der Waals surface area contributed by atoms with Crippen molar-refractivity contribution in [3.05, 3.63) is 58.0 Å². The third-order valence-corrected chi connectivity index (χ3v) is 6.40. The summed E-state index contributed by atoms with van der Waals surface area (Å²) in [6.07, 6.45) is 1.50. The van der Waals surface area contributed by atoms with E-state index in [2.05, 4.69) is 5.32 Å². The number of anilines is 1. The molecule has 0 saturated carbocycles. The van der Waals surface area contributed by atoms with E-state index in [4.69, 9.17) is 16.3 Å². The molecular formula is C17H18ClN3O5S. The number of carbonyl (C=O) groups is 1. The summed E-state index contributed by atoms with van der Waals surface area (Å²) in [4.78, 5) is 23.8. The smallest absolute Gasteiger partial charge is 0.250 e. The number of nitrogens with zero attached hydrogens (tertiary/aromatic N) is 2. The average molecular weight is 412 g/mol. The predicted octanol–water partition coefficient (Wildman–Crippen LogP) is 1.16. The number of carbonyl (C=O) groups excluding carboxylic acids is 1. The molecule has 1 saturated heterocycles. The summed E-state index contributed by atoms with van der Waals surface area (Å²) in [7, 11) is -3.80. The second-order valence-electron chi connectivity index (χ2n) is 5.88. The first-order valence-electron chi connectivity index (χ1n) is 8.21. The Bertz CT molecular complexity index is 1000. The molecule has 1 aliphatic rings. The van der Waals surface area contributed by atoms with E-state index in [-0.39, 0.29) is 40.8 Å². The summed E-state index contributed by atoms with van der Waals surface area (Å²) in [6.45, 7) is 0.935. The van der Waals surface area contributed by atoms with Crippen LogP contribution in [0.5, 0.6) is 0 Å². The predicted molar refractivity (Wildman–Crippen MR) is 100 cm³/mol. The van der Waals surface area contributed by atoms with E-state index in [0.717, 1.165) is 0 Å². The molecule has 0 bridgehead atoms. The monoisotopic (exact) mass is 411 g/mol. The molecular weight excluding hydrogens is 394 g/mol. The standard InChI is InChI=1S/C17H18ClN3O5S/c18-14-5-4-13(19-16(22)12-20-6-2-1-3-17(20)23)11-15(14)27(24,25)21-7-9-26-10-8-21/h1-6,11H,7-10,12H2,(H,19,22). The second-order valence-corrected chi connectivity index (χ2v) is 8.19. The Balaban J connectivity index is 1.80. The van der Waals surface area contributed by atoms with Crippen molar-refractivity contribution in [1.29, 1.82) is 0 Å². The van der Waals surface area contributed by atoms with Crippen molar-refractivity contribution in [3.63, 3.8) is 0 Å². The van der Waals surface area contributed by atoms with Gasteiger partial charge in [0.15, 0.2) is 0 Å². The van der Waals surface area contributed by atoms with Crippen molar-refractivity contribution in [2.75, 3.05) is 31.6 Å². The van der Waals surface area contributed by atoms with E-state index in [1.54, 1.807) is 12.1 Å². The molecule has 2 aromatic rings. The Morgan fingerprint density at radius 2 is 1.93 bits per heavy atom. The molecule has 1 aliphatic heterocycles. The lowest BCUT2D eigenvalue weighted by atomic mass is 10.3. The molecule has 0 radical (unpaired) electrons. The lowest BCUT2D eigenvalue weighted by molar-refractivity contribution is -0.116. The molecule has 0 aliphatic carbocycles. The van der Waals surface area contributed by atoms with Crippen molar-refractivity contribution < 1.29 is 17.9 Å². The van der Waals surface area contributed by atoms with Gasteiger partial charge in [-0.15, -0.1) is 0 Å². The normalized spacial score (nSPS) is 15.4. The Morgan fingerprint density at radius 1 is 1.19 bits per heavy atom. The fourth-order valence-corrected chi connectivity index (χ4v) is 4.56. The van der Waals surface area contributed by atoms with Crippen LogP contribution in [0.3, 0.4) is 0 Å². The molecule has 144 valence electrons. The molecule has 10 heteroatoms. The van der Waals surface area contributed by atoms with Gasteiger partial charge in [0.1, 0.15) is 11.4 Å². The van der Waals surface area contributed by atoms with E-state index in [1.807, 2.05) is 0 Å². The summed E-state index contributed by atoms with van der Waals surface area (Å²) >= 11 is 6.09. The van der Waals surface area contributed by atoms with Crippen molar-refractivity contribution in [1.82, 2.24) is 8.87 Å². The van der Waals surface area contributed by atoms with E-state index >= 15 is 0 Å². The highest BCUT2D eigenvalue weighted by atomic mass is 35.5. The summed E-state index contributed by atoms with van der Waals surface area (Å²) in [5.74, 6) is -0.458. The molecule has 1 N–H and O–H groups in total. The first kappa shape index (κ1) is 19.6. The second kappa shape index (κ2) is 8.22. The summed E-state index contributed by atoms with van der Waals surface area (Å²) in [5, 5.41) is 2.66. The number of hydrogen-bond donors (Lipinski definition) is 1. The largest absolute Gasteiger partial charge is 0.379 e. The van der Waals surface area contributed by atoms with Gasteiger partial charge in [-0.2, -0.15) is 4.31 Å². The average Bonchev–Trinajstić information content (AvgIpc) is 2.66. The zero-order valence-electron chi connectivity index (χ0n) is 14.3. The van der Waals surface area contributed by atoms with E-state index in [0.29, 0.717) is 13.2 Å². The summed E-state index contributed by atoms with van der Waals surface area (Å²) in [5.41, 5.74) is -0.0282. The number of morpholine rings is 1. The van der Waals surface area contributed by atoms with E-state index in [9.17, 15) is 18.0 Å². The van der Waals surface area contributed by atoms with Crippen LogP contribution in [0.1, 0.15) is 0 Å². The quantitative estimate of drug-likeness (QED) is 0.796. The minimum atomic E-state index is -3.80. The van der Waals surface area contributed by atoms with Crippen LogP contribution in [-0.2, 0) is 26.1 Å². The summed E-state index contributed by atoms with van der Waals surface area (Å²) in [6, 6.07) is 8.82. The number of ether oxygens (including phenoxy) is 1. The molecule has 2 heterocycles. The van der Waals surface area contributed by atoms with Crippen LogP contribution in [0.25, 0.3) is 0 Å². The molecule has 1 aromatic heterocycles. The van der Waals surface area contributed by atoms with Gasteiger partial charge in [0, 0.05) is 31.0 Å². The van der Waals surface area contributed by atoms with Gasteiger partial charge in [-0.05, 0) is 24.3 Å². The minimum Gasteiger partial charge on any atom is -0.379 e. The zero-order chi connectivity index (χ0) is 19.4. The molecule has 1 aromatic carbocycles. The molecule has 0 unspecified atom stereocenters. The van der Waals surface area contributed by atoms with Gasteiger partial charge in [-0.25, -0.2) is 8.42 Å². The molecule has 1 fully saturated rings. The molecule has 0 atom stereocenters. The first-order chi connectivity index (χ1) is 12.9. The van der Waals surface area contributed by atoms with Crippen LogP contribution in [-0.4, -0.2) is 49.5 Å². The highest BCUT2D eigenvalue weighted by Gasteiger charge is 2.28. The number of sulfonamides is 1. The van der Waals surface area contributed by atoms with Crippen molar-refractivity contribution in [3.8, 4) is 0 Å². The van der Waals surface area contributed by atoms with Gasteiger partial charge < -0.3 is 14.6 Å². The maximum absolute atomic E-state index is 12.8. The molecule has 27 heavy (non-hydrogen) atoms. The van der Waals surface area contributed by atoms with Gasteiger partial charge in [0.2, 0.25) is 15.9 Å². The fourth-order valence-electron chi connectivity index (χ4n) is 2.65. The van der Waals surface area contributed by atoms with Crippen LogP contribution in [0, 0.1) is 0 Å². The molecule has 8 nitrogen and oxygen atoms in total. The SMILES string of the molecule is O=C(Cn1ccccc1=O)Nc1ccc(Cl)c(S(=O)(=O)N2CCOCC2)c1. The Morgan fingerprint density at radius 3 is 2.63 bits per heavy atom. The first-order valence-corrected chi connectivity index (χ1v) is 10.0. The highest BCUT2D eigenvalue weighted by Crippen LogP contribution is 2.28. The molecule has 1 amide bonds. The van der Waals surface area contributed by atoms with Crippen molar-refractivity contribution in [2.45, 2.75) is 11.4 Å². The number of rotatable bonds is 5. The van der Waals surface area contributed by atoms with Gasteiger partial charge >= 0.3 is 0 Å². The Hall–Kier alpha value is -2.20. The summed E-state index contributed by atoms with van der Waals surface area (Å²) < 4.78 is 33.3. The van der Waals surface area contributed by atoms with E-state index < -0.39 is 15.9 Å². The molecule has 3 rings (SSSR count). The van der Waals surface area contributed by atoms with Crippen LogP contribution >= 0.6 is 11.6 Å². The number of aromatic nitrogens is 1. The lowest BCUT2D eigenvalue weighted by Crippen LogP contribution is -2.40. The van der Waals surface area contributed by atoms with Crippen LogP contribution in [0.2, 0.25) is 5.02 Å². The van der Waals surface area contributed by atoms with Gasteiger partial charge in [0.25, 0.3) is 5.56 Å². The number of halogens is 1. The molecule has 0 spiro atoms. The van der Waals surface area contributed by atoms with Gasteiger partial charge in [-0.3, -0.25) is 9.59 Å². The van der Waals surface area contributed by atoms with Crippen LogP contribution < -0.4 is 10.9 Å². The Kier molecular flexibility index (Phi) is 5.95. The van der Waals surface area contributed by atoms with E-state index in [1.165, 1.54) is 39.3 Å². The maximum Gasteiger partial charge on any atom is 0.250 e. The maximum atomic E-state index is 12.8. The zero-order valence-corrected chi connectivity index (χ0v) is 15.9. The minimum absolute atomic E-state index is 0.0683. The third-order valence-electron chi connectivity index (χ3n) is 4.02. The number of amides is 1. The van der Waals surface area contributed by atoms with Gasteiger partial charge in [0.05, 0.1) is 18.2 Å². The topological polar surface area (TPSA) is 97.7 Å². The van der Waals surface area contributed by atoms with Crippen LogP contribution in [0.4, 0.5) is 5.69 Å². The van der Waals surface area contributed by atoms with Crippen molar-refractivity contribution in [2.24, 2.45) is 0 Å². The number of benzene rings is 1. The van der Waals surface area contributed by atoms with Gasteiger partial charge in [-0.1, -0.05) is 17.7 Å². The number of pyridine rings is 1. The third kappa shape index (κ3) is 4.56. The number of nitrogens with one attached hydrogen (secondary N) is 1. The Labute approximate surface area is 161 Å². The fraction of sp³-hybridized carbons (Fsp3) is 0.294. The highest BCUT2D eigenvalue weighted by molar-refractivity contribution is 7.89. The van der Waals surface area contributed by atoms with Crippen LogP contribution in [0.15, 0.2) is 52.3 Å².